The van der Waals surface area contributed by atoms with E-state index in [0.717, 1.165) is 71.3 Å². The van der Waals surface area contributed by atoms with Gasteiger partial charge in [0.2, 0.25) is 0 Å². The molecule has 64 heavy (non-hydrogen) atoms. The van der Waals surface area contributed by atoms with E-state index < -0.39 is 0 Å². The maximum Gasteiger partial charge on any atom is 0.193 e. The number of anilines is 6. The molecule has 0 aliphatic carbocycles. The topological polar surface area (TPSA) is 51.2 Å². The molecule has 0 heterocycles. The van der Waals surface area contributed by atoms with Gasteiger partial charge in [0, 0.05) is 45.3 Å². The molecule has 6 heteroatoms. The molecular formula is C58H62N2O4. The van der Waals surface area contributed by atoms with E-state index in [4.69, 9.17) is 14.2 Å². The molecule has 0 aliphatic rings. The van der Waals surface area contributed by atoms with Crippen LogP contribution in [0.25, 0.3) is 0 Å². The second-order valence-corrected chi connectivity index (χ2v) is 17.3. The zero-order valence-corrected chi connectivity index (χ0v) is 38.3. The Hall–Kier alpha value is -6.79. The van der Waals surface area contributed by atoms with Crippen molar-refractivity contribution in [2.75, 3.05) is 9.80 Å². The van der Waals surface area contributed by atoms with Crippen molar-refractivity contribution in [1.82, 2.24) is 0 Å². The number of ketones is 1. The second kappa shape index (κ2) is 21.1. The summed E-state index contributed by atoms with van der Waals surface area (Å²) in [6, 6.07) is 60.8. The number of benzene rings is 7. The lowest BCUT2D eigenvalue weighted by Crippen LogP contribution is -2.31. The van der Waals surface area contributed by atoms with Crippen LogP contribution >= 0.6 is 0 Å². The normalized spacial score (nSPS) is 12.2. The minimum Gasteiger partial charge on any atom is -0.488 e. The van der Waals surface area contributed by atoms with Gasteiger partial charge in [-0.05, 0) is 192 Å². The predicted octanol–water partition coefficient (Wildman–Crippen LogP) is 16.7. The minimum atomic E-state index is -0.257. The SMILES string of the molecule is CCCCCC(C)(CC)Oc1ccc(N(c2ccccc2)c2ccc(N(c3ccccc3)c3ccc(Oc4ccc(C(=O)c5ccc(OC(C)(C)CCC)cc5)cc4)cc3)cc2)cc1. The van der Waals surface area contributed by atoms with E-state index in [2.05, 4.69) is 161 Å². The van der Waals surface area contributed by atoms with Gasteiger partial charge in [0.15, 0.2) is 5.78 Å². The summed E-state index contributed by atoms with van der Waals surface area (Å²) in [5, 5.41) is 0. The quantitative estimate of drug-likeness (QED) is 0.0530. The van der Waals surface area contributed by atoms with Gasteiger partial charge in [-0.15, -0.1) is 0 Å². The first-order valence-electron chi connectivity index (χ1n) is 22.9. The summed E-state index contributed by atoms with van der Waals surface area (Å²) < 4.78 is 19.0. The highest BCUT2D eigenvalue weighted by Crippen LogP contribution is 2.40. The third-order valence-corrected chi connectivity index (χ3v) is 11.7. The average molecular weight is 851 g/mol. The molecule has 0 aromatic heterocycles. The summed E-state index contributed by atoms with van der Waals surface area (Å²) in [5.41, 5.74) is 6.97. The Labute approximate surface area is 381 Å². The summed E-state index contributed by atoms with van der Waals surface area (Å²) in [6.07, 6.45) is 7.60. The van der Waals surface area contributed by atoms with E-state index in [1.807, 2.05) is 72.8 Å². The largest absolute Gasteiger partial charge is 0.488 e. The number of carbonyl (C=O) groups excluding carboxylic acids is 1. The molecule has 0 amide bonds. The van der Waals surface area contributed by atoms with Gasteiger partial charge >= 0.3 is 0 Å². The molecule has 0 radical (unpaired) electrons. The van der Waals surface area contributed by atoms with Gasteiger partial charge in [0.25, 0.3) is 0 Å². The maximum absolute atomic E-state index is 13.3. The fraction of sp³-hybridized carbons (Fsp3) is 0.259. The maximum atomic E-state index is 13.3. The Bertz CT molecular complexity index is 2500. The molecule has 0 saturated heterocycles. The van der Waals surface area contributed by atoms with Gasteiger partial charge in [0.1, 0.15) is 34.2 Å². The molecule has 7 aromatic rings. The molecule has 0 spiro atoms. The fourth-order valence-corrected chi connectivity index (χ4v) is 8.08. The smallest absolute Gasteiger partial charge is 0.193 e. The molecule has 1 atom stereocenters. The highest BCUT2D eigenvalue weighted by atomic mass is 16.5. The van der Waals surface area contributed by atoms with Crippen LogP contribution in [0.1, 0.15) is 102 Å². The van der Waals surface area contributed by atoms with Gasteiger partial charge < -0.3 is 24.0 Å². The fourth-order valence-electron chi connectivity index (χ4n) is 8.08. The zero-order chi connectivity index (χ0) is 44.9. The number of ether oxygens (including phenoxy) is 3. The van der Waals surface area contributed by atoms with Crippen molar-refractivity contribution < 1.29 is 19.0 Å². The van der Waals surface area contributed by atoms with Crippen LogP contribution in [-0.4, -0.2) is 17.0 Å². The van der Waals surface area contributed by atoms with Crippen LogP contribution in [0.4, 0.5) is 34.1 Å². The summed E-state index contributed by atoms with van der Waals surface area (Å²) in [4.78, 5) is 17.8. The number of para-hydroxylation sites is 2. The monoisotopic (exact) mass is 850 g/mol. The Kier molecular flexibility index (Phi) is 14.9. The average Bonchev–Trinajstić information content (AvgIpc) is 3.32. The van der Waals surface area contributed by atoms with Gasteiger partial charge in [-0.25, -0.2) is 0 Å². The van der Waals surface area contributed by atoms with E-state index >= 15 is 0 Å². The van der Waals surface area contributed by atoms with Crippen LogP contribution in [0.15, 0.2) is 182 Å². The van der Waals surface area contributed by atoms with E-state index in [1.54, 1.807) is 0 Å². The van der Waals surface area contributed by atoms with Crippen LogP contribution < -0.4 is 24.0 Å². The molecule has 7 aromatic carbocycles. The first-order chi connectivity index (χ1) is 31.1. The standard InChI is InChI=1S/C58H62N2O4/c1-7-10-17-43-58(6,9-3)64-55-40-32-51(33-41-55)60(47-20-15-12-16-21-47)49-28-26-48(27-29-49)59(46-18-13-11-14-19-46)50-30-38-53(39-31-50)62-52-34-22-44(23-35-52)56(61)45-24-36-54(37-25-45)63-57(4,5)42-8-2/h11-16,18-41H,7-10,17,42-43H2,1-6H3. The lowest BCUT2D eigenvalue weighted by molar-refractivity contribution is 0.0720. The van der Waals surface area contributed by atoms with Crippen molar-refractivity contribution >= 4 is 39.9 Å². The summed E-state index contributed by atoms with van der Waals surface area (Å²) >= 11 is 0. The second-order valence-electron chi connectivity index (χ2n) is 17.3. The molecule has 0 fully saturated rings. The lowest BCUT2D eigenvalue weighted by Gasteiger charge is -2.31. The van der Waals surface area contributed by atoms with Crippen molar-refractivity contribution in [2.24, 2.45) is 0 Å². The summed E-state index contributed by atoms with van der Waals surface area (Å²) in [7, 11) is 0. The summed E-state index contributed by atoms with van der Waals surface area (Å²) in [5.74, 6) is 2.94. The van der Waals surface area contributed by atoms with Crippen LogP contribution in [0.2, 0.25) is 0 Å². The minimum absolute atomic E-state index is 0.0516. The number of hydrogen-bond donors (Lipinski definition) is 0. The molecule has 328 valence electrons. The Balaban J connectivity index is 1.07. The van der Waals surface area contributed by atoms with Crippen molar-refractivity contribution in [2.45, 2.75) is 97.7 Å². The number of rotatable bonds is 21. The molecule has 0 saturated carbocycles. The Morgan fingerprint density at radius 1 is 0.422 bits per heavy atom. The Morgan fingerprint density at radius 3 is 1.22 bits per heavy atom. The lowest BCUT2D eigenvalue weighted by atomic mass is 9.95. The van der Waals surface area contributed by atoms with Gasteiger partial charge in [-0.2, -0.15) is 0 Å². The van der Waals surface area contributed by atoms with Gasteiger partial charge in [0.05, 0.1) is 0 Å². The van der Waals surface area contributed by atoms with Crippen molar-refractivity contribution in [3.05, 3.63) is 193 Å². The molecule has 7 rings (SSSR count). The van der Waals surface area contributed by atoms with Crippen molar-refractivity contribution in [3.8, 4) is 23.0 Å². The summed E-state index contributed by atoms with van der Waals surface area (Å²) in [6.45, 7) is 13.0. The molecule has 0 N–H and O–H groups in total. The third kappa shape index (κ3) is 11.6. The predicted molar refractivity (Wildman–Crippen MR) is 265 cm³/mol. The van der Waals surface area contributed by atoms with Crippen LogP contribution in [0, 0.1) is 0 Å². The highest BCUT2D eigenvalue weighted by molar-refractivity contribution is 6.09. The molecule has 0 bridgehead atoms. The van der Waals surface area contributed by atoms with E-state index in [-0.39, 0.29) is 17.0 Å². The highest BCUT2D eigenvalue weighted by Gasteiger charge is 2.24. The van der Waals surface area contributed by atoms with Crippen molar-refractivity contribution in [1.29, 1.82) is 0 Å². The van der Waals surface area contributed by atoms with Gasteiger partial charge in [-0.1, -0.05) is 76.4 Å². The number of hydrogen-bond acceptors (Lipinski definition) is 6. The van der Waals surface area contributed by atoms with Crippen LogP contribution in [0.5, 0.6) is 23.0 Å². The Morgan fingerprint density at radius 2 is 0.797 bits per heavy atom. The van der Waals surface area contributed by atoms with Crippen LogP contribution in [-0.2, 0) is 0 Å². The van der Waals surface area contributed by atoms with E-state index in [0.29, 0.717) is 22.6 Å². The molecule has 0 aliphatic heterocycles. The zero-order valence-electron chi connectivity index (χ0n) is 38.3. The van der Waals surface area contributed by atoms with Crippen molar-refractivity contribution in [3.63, 3.8) is 0 Å². The van der Waals surface area contributed by atoms with Gasteiger partial charge in [-0.3, -0.25) is 4.79 Å². The first-order valence-corrected chi connectivity index (χ1v) is 22.9. The first kappa shape index (κ1) is 45.2. The number of unbranched alkanes of at least 4 members (excludes halogenated alkanes) is 2. The third-order valence-electron chi connectivity index (χ3n) is 11.7. The van der Waals surface area contributed by atoms with E-state index in [9.17, 15) is 4.79 Å². The van der Waals surface area contributed by atoms with E-state index in [1.165, 1.54) is 19.3 Å². The van der Waals surface area contributed by atoms with Crippen LogP contribution in [0.3, 0.4) is 0 Å². The molecular weight excluding hydrogens is 789 g/mol. The molecule has 1 unspecified atom stereocenters. The molecule has 6 nitrogen and oxygen atoms in total. The number of carbonyl (C=O) groups is 1. The number of nitrogens with zero attached hydrogens (tertiary/aromatic N) is 2.